The zero-order valence-electron chi connectivity index (χ0n) is 15.2. The fraction of sp³-hybridized carbons (Fsp3) is 0.619. The van der Waals surface area contributed by atoms with Gasteiger partial charge < -0.3 is 5.11 Å². The van der Waals surface area contributed by atoms with Gasteiger partial charge in [-0.15, -0.1) is 0 Å². The van der Waals surface area contributed by atoms with Gasteiger partial charge in [0.25, 0.3) is 0 Å². The van der Waals surface area contributed by atoms with Gasteiger partial charge in [0.15, 0.2) is 12.1 Å². The summed E-state index contributed by atoms with van der Waals surface area (Å²) in [5, 5.41) is 11.1. The zero-order chi connectivity index (χ0) is 18.9. The number of aldehydes is 1. The Labute approximate surface area is 152 Å². The molecule has 3 fully saturated rings. The maximum atomic E-state index is 13.3. The van der Waals surface area contributed by atoms with Gasteiger partial charge in [0.05, 0.1) is 0 Å². The van der Waals surface area contributed by atoms with Gasteiger partial charge in [-0.25, -0.2) is 0 Å². The van der Waals surface area contributed by atoms with Gasteiger partial charge in [0.1, 0.15) is 11.4 Å². The SMILES string of the molecule is C[C@]12C=CC(=O)C=C1CC[C@H]1[C@H]2C(=O)C[C@@]2(C)[C@H]1CC[C@]2(O)C(=O)C=O. The van der Waals surface area contributed by atoms with Crippen LogP contribution < -0.4 is 0 Å². The molecule has 138 valence electrons. The van der Waals surface area contributed by atoms with Crippen molar-refractivity contribution >= 4 is 23.6 Å². The van der Waals surface area contributed by atoms with Crippen molar-refractivity contribution in [2.75, 3.05) is 0 Å². The van der Waals surface area contributed by atoms with Crippen molar-refractivity contribution in [1.29, 1.82) is 0 Å². The molecular weight excluding hydrogens is 332 g/mol. The number of fused-ring (bicyclic) bond motifs is 5. The van der Waals surface area contributed by atoms with Crippen LogP contribution in [0.25, 0.3) is 0 Å². The largest absolute Gasteiger partial charge is 0.381 e. The molecule has 26 heavy (non-hydrogen) atoms. The Morgan fingerprint density at radius 3 is 2.69 bits per heavy atom. The fourth-order valence-corrected chi connectivity index (χ4v) is 6.54. The predicted molar refractivity (Wildman–Crippen MR) is 93.0 cm³/mol. The van der Waals surface area contributed by atoms with Crippen LogP contribution in [0.4, 0.5) is 0 Å². The highest BCUT2D eigenvalue weighted by Crippen LogP contribution is 2.65. The molecule has 0 spiro atoms. The highest BCUT2D eigenvalue weighted by atomic mass is 16.3. The molecule has 0 aromatic rings. The lowest BCUT2D eigenvalue weighted by molar-refractivity contribution is -0.167. The van der Waals surface area contributed by atoms with Crippen LogP contribution >= 0.6 is 0 Å². The molecule has 5 nitrogen and oxygen atoms in total. The first kappa shape index (κ1) is 17.5. The summed E-state index contributed by atoms with van der Waals surface area (Å²) < 4.78 is 0. The lowest BCUT2D eigenvalue weighted by Gasteiger charge is -2.56. The van der Waals surface area contributed by atoms with E-state index in [0.717, 1.165) is 18.4 Å². The second kappa shape index (κ2) is 5.32. The Hall–Kier alpha value is -1.88. The first-order valence-corrected chi connectivity index (χ1v) is 9.36. The van der Waals surface area contributed by atoms with E-state index in [9.17, 15) is 24.3 Å². The highest BCUT2D eigenvalue weighted by molar-refractivity contribution is 6.29. The van der Waals surface area contributed by atoms with E-state index in [2.05, 4.69) is 0 Å². The molecule has 0 unspecified atom stereocenters. The molecule has 0 aromatic heterocycles. The third-order valence-electron chi connectivity index (χ3n) is 7.92. The first-order chi connectivity index (χ1) is 12.2. The van der Waals surface area contributed by atoms with Crippen molar-refractivity contribution in [3.8, 4) is 0 Å². The molecule has 1 N–H and O–H groups in total. The lowest BCUT2D eigenvalue weighted by atomic mass is 9.46. The second-order valence-electron chi connectivity index (χ2n) is 8.92. The van der Waals surface area contributed by atoms with E-state index in [1.54, 1.807) is 19.1 Å². The summed E-state index contributed by atoms with van der Waals surface area (Å²) in [5.74, 6) is -0.980. The number of Topliss-reactive ketones (excluding diaryl/α,β-unsaturated/α-hetero) is 2. The van der Waals surface area contributed by atoms with Crippen LogP contribution in [-0.4, -0.2) is 34.3 Å². The molecule has 0 bridgehead atoms. The average Bonchev–Trinajstić information content (AvgIpc) is 2.86. The molecule has 4 aliphatic carbocycles. The number of carbonyl (C=O) groups excluding carboxylic acids is 4. The summed E-state index contributed by atoms with van der Waals surface area (Å²) in [4.78, 5) is 48.3. The van der Waals surface area contributed by atoms with E-state index >= 15 is 0 Å². The van der Waals surface area contributed by atoms with Crippen molar-refractivity contribution in [3.63, 3.8) is 0 Å². The van der Waals surface area contributed by atoms with Gasteiger partial charge in [0.2, 0.25) is 5.78 Å². The Bertz CT molecular complexity index is 792. The third-order valence-corrected chi connectivity index (χ3v) is 7.92. The van der Waals surface area contributed by atoms with Gasteiger partial charge in [-0.05, 0) is 49.7 Å². The number of allylic oxidation sites excluding steroid dienone is 4. The Kier molecular flexibility index (Phi) is 3.59. The Morgan fingerprint density at radius 1 is 1.27 bits per heavy atom. The summed E-state index contributed by atoms with van der Waals surface area (Å²) >= 11 is 0. The van der Waals surface area contributed by atoms with Gasteiger partial charge in [-0.2, -0.15) is 0 Å². The van der Waals surface area contributed by atoms with Crippen LogP contribution in [0.15, 0.2) is 23.8 Å². The number of hydrogen-bond acceptors (Lipinski definition) is 5. The van der Waals surface area contributed by atoms with Gasteiger partial charge in [-0.1, -0.05) is 25.5 Å². The Balaban J connectivity index is 1.77. The normalized spacial score (nSPS) is 46.9. The average molecular weight is 356 g/mol. The maximum Gasteiger partial charge on any atom is 0.227 e. The number of aliphatic hydroxyl groups is 1. The van der Waals surface area contributed by atoms with Crippen LogP contribution in [0, 0.1) is 28.6 Å². The topological polar surface area (TPSA) is 88.5 Å². The smallest absolute Gasteiger partial charge is 0.227 e. The van der Waals surface area contributed by atoms with E-state index < -0.39 is 22.2 Å². The van der Waals surface area contributed by atoms with Crippen molar-refractivity contribution < 1.29 is 24.3 Å². The summed E-state index contributed by atoms with van der Waals surface area (Å²) in [7, 11) is 0. The van der Waals surface area contributed by atoms with E-state index in [1.165, 1.54) is 0 Å². The first-order valence-electron chi connectivity index (χ1n) is 9.36. The van der Waals surface area contributed by atoms with Crippen LogP contribution in [0.5, 0.6) is 0 Å². The fourth-order valence-electron chi connectivity index (χ4n) is 6.54. The minimum Gasteiger partial charge on any atom is -0.381 e. The van der Waals surface area contributed by atoms with Crippen LogP contribution in [0.1, 0.15) is 46.0 Å². The van der Waals surface area contributed by atoms with E-state index in [1.807, 2.05) is 13.0 Å². The zero-order valence-corrected chi connectivity index (χ0v) is 15.2. The second-order valence-corrected chi connectivity index (χ2v) is 8.92. The summed E-state index contributed by atoms with van der Waals surface area (Å²) in [6.07, 6.45) is 7.77. The summed E-state index contributed by atoms with van der Waals surface area (Å²) in [6, 6.07) is 0. The van der Waals surface area contributed by atoms with Crippen molar-refractivity contribution in [3.05, 3.63) is 23.8 Å². The molecule has 0 aromatic carbocycles. The van der Waals surface area contributed by atoms with Crippen molar-refractivity contribution in [2.45, 2.75) is 51.6 Å². The quantitative estimate of drug-likeness (QED) is 0.604. The molecule has 0 heterocycles. The van der Waals surface area contributed by atoms with Crippen molar-refractivity contribution in [2.24, 2.45) is 28.6 Å². The Morgan fingerprint density at radius 2 is 2.00 bits per heavy atom. The highest BCUT2D eigenvalue weighted by Gasteiger charge is 2.68. The van der Waals surface area contributed by atoms with E-state index in [-0.39, 0.29) is 48.4 Å². The molecule has 4 rings (SSSR count). The minimum absolute atomic E-state index is 0.0171. The number of rotatable bonds is 2. The molecule has 3 saturated carbocycles. The standard InChI is InChI=1S/C21H24O5/c1-19-7-5-13(23)9-12(19)3-4-14-15-6-8-21(26,17(25)11-22)20(15,2)10-16(24)18(14)19/h5,7,9,11,14-15,18,26H,3-4,6,8,10H2,1-2H3/t14-,15+,18+,19+,20+,21+/m1/s1. The molecule has 0 aliphatic heterocycles. The monoisotopic (exact) mass is 356 g/mol. The maximum absolute atomic E-state index is 13.3. The number of ketones is 3. The van der Waals surface area contributed by atoms with Gasteiger partial charge in [0, 0.05) is 23.2 Å². The number of hydrogen-bond donors (Lipinski definition) is 1. The summed E-state index contributed by atoms with van der Waals surface area (Å²) in [5.41, 5.74) is -2.09. The molecule has 0 radical (unpaired) electrons. The van der Waals surface area contributed by atoms with Crippen LogP contribution in [0.3, 0.4) is 0 Å². The lowest BCUT2D eigenvalue weighted by Crippen LogP contribution is -2.60. The van der Waals surface area contributed by atoms with E-state index in [0.29, 0.717) is 6.42 Å². The molecule has 0 saturated heterocycles. The van der Waals surface area contributed by atoms with Crippen LogP contribution in [0.2, 0.25) is 0 Å². The molecule has 6 atom stereocenters. The molecule has 5 heteroatoms. The van der Waals surface area contributed by atoms with Crippen LogP contribution in [-0.2, 0) is 19.2 Å². The molecular formula is C21H24O5. The third kappa shape index (κ3) is 1.95. The van der Waals surface area contributed by atoms with E-state index in [4.69, 9.17) is 0 Å². The molecule has 4 aliphatic rings. The minimum atomic E-state index is -1.74. The van der Waals surface area contributed by atoms with Crippen molar-refractivity contribution in [1.82, 2.24) is 0 Å². The van der Waals surface area contributed by atoms with Gasteiger partial charge >= 0.3 is 0 Å². The van der Waals surface area contributed by atoms with Gasteiger partial charge in [-0.3, -0.25) is 19.2 Å². The predicted octanol–water partition coefficient (Wildman–Crippen LogP) is 1.97. The summed E-state index contributed by atoms with van der Waals surface area (Å²) in [6.45, 7) is 3.82. The number of carbonyl (C=O) groups is 4. The molecule has 0 amide bonds.